The first kappa shape index (κ1) is 22.5. The van der Waals surface area contributed by atoms with Crippen molar-refractivity contribution in [3.8, 4) is 0 Å². The predicted octanol–water partition coefficient (Wildman–Crippen LogP) is 4.42. The van der Waals surface area contributed by atoms with Crippen LogP contribution in [0.3, 0.4) is 0 Å². The van der Waals surface area contributed by atoms with Gasteiger partial charge in [-0.05, 0) is 41.2 Å². The summed E-state index contributed by atoms with van der Waals surface area (Å²) in [5.74, 6) is -0.550. The Morgan fingerprint density at radius 1 is 1.03 bits per heavy atom. The van der Waals surface area contributed by atoms with Crippen molar-refractivity contribution in [3.05, 3.63) is 64.0 Å². The van der Waals surface area contributed by atoms with Crippen molar-refractivity contribution in [1.29, 1.82) is 0 Å². The first-order chi connectivity index (χ1) is 16.0. The highest BCUT2D eigenvalue weighted by molar-refractivity contribution is 7.91. The van der Waals surface area contributed by atoms with Crippen molar-refractivity contribution in [3.63, 3.8) is 0 Å². The van der Waals surface area contributed by atoms with Crippen molar-refractivity contribution in [1.82, 2.24) is 9.21 Å². The summed E-state index contributed by atoms with van der Waals surface area (Å²) >= 11 is 1.25. The highest BCUT2D eigenvalue weighted by Crippen LogP contribution is 2.39. The number of fused-ring (bicyclic) bond motifs is 2. The third-order valence-electron chi connectivity index (χ3n) is 6.66. The average Bonchev–Trinajstić information content (AvgIpc) is 3.24. The zero-order valence-corrected chi connectivity index (χ0v) is 20.4. The molecule has 2 aliphatic rings. The summed E-state index contributed by atoms with van der Waals surface area (Å²) in [7, 11) is -2.40. The van der Waals surface area contributed by atoms with Gasteiger partial charge >= 0.3 is 5.97 Å². The van der Waals surface area contributed by atoms with Gasteiger partial charge in [0, 0.05) is 37.6 Å². The third kappa shape index (κ3) is 4.21. The lowest BCUT2D eigenvalue weighted by Crippen LogP contribution is -2.36. The standard InChI is InChI=1S/C25H28N2O4S2/c1-31-24(28)23-21-12-15-26(16-19-10-7-9-18-8-3-4-11-20(18)19)17-22(21)32-25(23)33(29,30)27-13-5-2-6-14-27/h3-4,7-11H,2,5-6,12-17H2,1H3. The number of hydrogen-bond acceptors (Lipinski definition) is 6. The van der Waals surface area contributed by atoms with E-state index in [0.717, 1.165) is 42.8 Å². The second kappa shape index (κ2) is 9.18. The van der Waals surface area contributed by atoms with E-state index in [9.17, 15) is 13.2 Å². The van der Waals surface area contributed by atoms with E-state index in [4.69, 9.17) is 4.74 Å². The number of rotatable bonds is 5. The van der Waals surface area contributed by atoms with E-state index in [1.165, 1.54) is 39.1 Å². The van der Waals surface area contributed by atoms with Gasteiger partial charge in [-0.15, -0.1) is 11.3 Å². The number of carbonyl (C=O) groups is 1. The van der Waals surface area contributed by atoms with E-state index in [0.29, 0.717) is 26.1 Å². The predicted molar refractivity (Wildman–Crippen MR) is 130 cm³/mol. The molecule has 1 fully saturated rings. The Balaban J connectivity index is 1.47. The fourth-order valence-corrected chi connectivity index (χ4v) is 8.53. The number of ether oxygens (including phenoxy) is 1. The third-order valence-corrected chi connectivity index (χ3v) is 10.3. The maximum atomic E-state index is 13.5. The summed E-state index contributed by atoms with van der Waals surface area (Å²) < 4.78 is 33.7. The summed E-state index contributed by atoms with van der Waals surface area (Å²) in [5, 5.41) is 2.45. The van der Waals surface area contributed by atoms with E-state index in [1.807, 2.05) is 6.07 Å². The Bertz CT molecular complexity index is 1290. The molecule has 3 heterocycles. The van der Waals surface area contributed by atoms with Crippen molar-refractivity contribution in [2.75, 3.05) is 26.7 Å². The van der Waals surface area contributed by atoms with Gasteiger partial charge in [-0.3, -0.25) is 4.90 Å². The number of sulfonamides is 1. The number of hydrogen-bond donors (Lipinski definition) is 0. The lowest BCUT2D eigenvalue weighted by atomic mass is 10.0. The fourth-order valence-electron chi connectivity index (χ4n) is 4.95. The first-order valence-electron chi connectivity index (χ1n) is 11.4. The normalized spacial score (nSPS) is 17.7. The minimum absolute atomic E-state index is 0.160. The van der Waals surface area contributed by atoms with Gasteiger partial charge in [-0.25, -0.2) is 13.2 Å². The molecule has 0 aliphatic carbocycles. The van der Waals surface area contributed by atoms with Crippen LogP contribution < -0.4 is 0 Å². The summed E-state index contributed by atoms with van der Waals surface area (Å²) in [6, 6.07) is 14.7. The van der Waals surface area contributed by atoms with Crippen molar-refractivity contribution in [2.45, 2.75) is 43.0 Å². The van der Waals surface area contributed by atoms with Crippen LogP contribution in [0.5, 0.6) is 0 Å². The summed E-state index contributed by atoms with van der Waals surface area (Å²) in [6.07, 6.45) is 3.39. The van der Waals surface area contributed by atoms with Gasteiger partial charge in [-0.2, -0.15) is 4.31 Å². The molecular formula is C25H28N2O4S2. The molecule has 2 aromatic carbocycles. The number of carbonyl (C=O) groups excluding carboxylic acids is 1. The summed E-state index contributed by atoms with van der Waals surface area (Å²) in [5.41, 5.74) is 2.35. The maximum absolute atomic E-state index is 13.5. The topological polar surface area (TPSA) is 66.9 Å². The SMILES string of the molecule is COC(=O)c1c(S(=O)(=O)N2CCCCC2)sc2c1CCN(Cc1cccc3ccccc13)C2. The molecule has 0 bridgehead atoms. The maximum Gasteiger partial charge on any atom is 0.340 e. The number of benzene rings is 2. The average molecular weight is 485 g/mol. The van der Waals surface area contributed by atoms with Gasteiger partial charge in [0.2, 0.25) is 0 Å². The van der Waals surface area contributed by atoms with Gasteiger partial charge in [-0.1, -0.05) is 48.9 Å². The molecule has 1 saturated heterocycles. The molecule has 6 nitrogen and oxygen atoms in total. The Morgan fingerprint density at radius 3 is 2.58 bits per heavy atom. The lowest BCUT2D eigenvalue weighted by Gasteiger charge is -2.27. The molecule has 0 N–H and O–H groups in total. The van der Waals surface area contributed by atoms with Crippen LogP contribution >= 0.6 is 11.3 Å². The van der Waals surface area contributed by atoms with E-state index < -0.39 is 16.0 Å². The van der Waals surface area contributed by atoms with Crippen LogP contribution in [-0.2, 0) is 34.3 Å². The molecule has 0 amide bonds. The number of thiophene rings is 1. The van der Waals surface area contributed by atoms with E-state index in [-0.39, 0.29) is 9.77 Å². The first-order valence-corrected chi connectivity index (χ1v) is 13.7. The Kier molecular flexibility index (Phi) is 6.26. The van der Waals surface area contributed by atoms with Crippen LogP contribution in [0.2, 0.25) is 0 Å². The van der Waals surface area contributed by atoms with Crippen LogP contribution in [-0.4, -0.2) is 50.3 Å². The molecule has 1 aromatic heterocycles. The molecule has 3 aromatic rings. The number of methoxy groups -OCH3 is 1. The molecular weight excluding hydrogens is 456 g/mol. The number of nitrogens with zero attached hydrogens (tertiary/aromatic N) is 2. The van der Waals surface area contributed by atoms with Gasteiger partial charge in [0.05, 0.1) is 12.7 Å². The Hall–Kier alpha value is -2.26. The zero-order chi connectivity index (χ0) is 23.0. The molecule has 0 spiro atoms. The van der Waals surface area contributed by atoms with Crippen LogP contribution in [0, 0.1) is 0 Å². The minimum atomic E-state index is -3.71. The van der Waals surface area contributed by atoms with Gasteiger partial charge < -0.3 is 4.74 Å². The van der Waals surface area contributed by atoms with Gasteiger partial charge in [0.1, 0.15) is 4.21 Å². The van der Waals surface area contributed by atoms with Crippen molar-refractivity contribution < 1.29 is 17.9 Å². The molecule has 0 saturated carbocycles. The van der Waals surface area contributed by atoms with Crippen molar-refractivity contribution >= 4 is 38.1 Å². The fraction of sp³-hybridized carbons (Fsp3) is 0.400. The van der Waals surface area contributed by atoms with E-state index in [1.54, 1.807) is 0 Å². The van der Waals surface area contributed by atoms with Crippen molar-refractivity contribution in [2.24, 2.45) is 0 Å². The zero-order valence-electron chi connectivity index (χ0n) is 18.7. The minimum Gasteiger partial charge on any atom is -0.465 e. The van der Waals surface area contributed by atoms with E-state index in [2.05, 4.69) is 41.3 Å². The monoisotopic (exact) mass is 484 g/mol. The van der Waals surface area contributed by atoms with Gasteiger partial charge in [0.25, 0.3) is 10.0 Å². The molecule has 5 rings (SSSR count). The van der Waals surface area contributed by atoms with Crippen LogP contribution in [0.25, 0.3) is 10.8 Å². The molecule has 0 atom stereocenters. The Morgan fingerprint density at radius 2 is 1.79 bits per heavy atom. The smallest absolute Gasteiger partial charge is 0.340 e. The highest BCUT2D eigenvalue weighted by Gasteiger charge is 2.37. The molecule has 8 heteroatoms. The van der Waals surface area contributed by atoms with Crippen LogP contribution in [0.15, 0.2) is 46.7 Å². The van der Waals surface area contributed by atoms with Crippen LogP contribution in [0.1, 0.15) is 45.6 Å². The summed E-state index contributed by atoms with van der Waals surface area (Å²) in [6.45, 7) is 3.20. The van der Waals surface area contributed by atoms with Gasteiger partial charge in [0.15, 0.2) is 0 Å². The highest BCUT2D eigenvalue weighted by atomic mass is 32.2. The van der Waals surface area contributed by atoms with E-state index >= 15 is 0 Å². The largest absolute Gasteiger partial charge is 0.465 e. The number of esters is 1. The Labute approximate surface area is 198 Å². The molecule has 174 valence electrons. The second-order valence-corrected chi connectivity index (χ2v) is 12.0. The lowest BCUT2D eigenvalue weighted by molar-refractivity contribution is 0.0595. The number of piperidine rings is 1. The summed E-state index contributed by atoms with van der Waals surface area (Å²) in [4.78, 5) is 16.0. The molecule has 0 radical (unpaired) electrons. The van der Waals surface area contributed by atoms with Crippen LogP contribution in [0.4, 0.5) is 0 Å². The molecule has 0 unspecified atom stereocenters. The molecule has 33 heavy (non-hydrogen) atoms. The molecule has 2 aliphatic heterocycles. The second-order valence-electron chi connectivity index (χ2n) is 8.72. The quantitative estimate of drug-likeness (QED) is 0.502.